The number of carbonyl (C=O) groups excluding carboxylic acids is 1. The van der Waals surface area contributed by atoms with Crippen molar-refractivity contribution in [2.24, 2.45) is 0 Å². The normalized spacial score (nSPS) is 24.6. The summed E-state index contributed by atoms with van der Waals surface area (Å²) in [4.78, 5) is 14.6. The van der Waals surface area contributed by atoms with E-state index in [0.717, 1.165) is 51.1 Å². The van der Waals surface area contributed by atoms with Gasteiger partial charge >= 0.3 is 6.03 Å². The number of anilines is 1. The molecule has 28 heavy (non-hydrogen) atoms. The van der Waals surface area contributed by atoms with Crippen molar-refractivity contribution in [3.8, 4) is 0 Å². The first-order valence-corrected chi connectivity index (χ1v) is 10.3. The molecule has 2 amide bonds. The van der Waals surface area contributed by atoms with Gasteiger partial charge in [-0.3, -0.25) is 10.6 Å². The van der Waals surface area contributed by atoms with Crippen molar-refractivity contribution in [1.82, 2.24) is 31.5 Å². The van der Waals surface area contributed by atoms with E-state index in [1.165, 1.54) is 11.1 Å². The highest BCUT2D eigenvalue weighted by Crippen LogP contribution is 2.18. The molecule has 2 aliphatic heterocycles. The van der Waals surface area contributed by atoms with Gasteiger partial charge in [0.05, 0.1) is 6.17 Å². The Morgan fingerprint density at radius 3 is 2.93 bits per heavy atom. The Bertz CT molecular complexity index is 651. The smallest absolute Gasteiger partial charge is 0.312 e. The third kappa shape index (κ3) is 6.42. The Balaban J connectivity index is 1.46. The summed E-state index contributed by atoms with van der Waals surface area (Å²) in [7, 11) is 4.17. The van der Waals surface area contributed by atoms with Gasteiger partial charge < -0.3 is 26.2 Å². The number of carbonyl (C=O) groups is 1. The largest absolute Gasteiger partial charge is 0.321 e. The molecule has 156 valence electrons. The van der Waals surface area contributed by atoms with Crippen LogP contribution in [0.5, 0.6) is 0 Å². The molecule has 3 unspecified atom stereocenters. The number of nitrogens with zero attached hydrogens (tertiary/aromatic N) is 1. The fourth-order valence-electron chi connectivity index (χ4n) is 3.78. The summed E-state index contributed by atoms with van der Waals surface area (Å²) in [6.45, 7) is 6.02. The third-order valence-corrected chi connectivity index (χ3v) is 5.21. The number of fused-ring (bicyclic) bond motifs is 1. The standard InChI is InChI=1S/C20H35N7O/c1-14-11-18(22-8-4-10-27(2)3)25-19(23-14)26-20(28)24-17-6-5-15-7-9-21-13-16(15)12-17/h5-6,12,14,18-19,21-23,25H,4,7-11,13H2,1-3H3,(H2,24,26,28). The van der Waals surface area contributed by atoms with E-state index < -0.39 is 0 Å². The van der Waals surface area contributed by atoms with E-state index in [0.29, 0.717) is 6.04 Å². The maximum Gasteiger partial charge on any atom is 0.321 e. The molecule has 0 aromatic heterocycles. The highest BCUT2D eigenvalue weighted by molar-refractivity contribution is 5.89. The molecule has 1 fully saturated rings. The van der Waals surface area contributed by atoms with Gasteiger partial charge in [-0.25, -0.2) is 4.79 Å². The molecular formula is C20H35N7O. The van der Waals surface area contributed by atoms with Gasteiger partial charge in [0.25, 0.3) is 0 Å². The first kappa shape index (κ1) is 21.0. The Morgan fingerprint density at radius 1 is 1.25 bits per heavy atom. The van der Waals surface area contributed by atoms with Gasteiger partial charge in [-0.2, -0.15) is 0 Å². The van der Waals surface area contributed by atoms with Crippen molar-refractivity contribution in [2.75, 3.05) is 39.0 Å². The zero-order valence-corrected chi connectivity index (χ0v) is 17.3. The lowest BCUT2D eigenvalue weighted by Gasteiger charge is -2.37. The van der Waals surface area contributed by atoms with Crippen LogP contribution in [0.2, 0.25) is 0 Å². The number of benzene rings is 1. The fourth-order valence-corrected chi connectivity index (χ4v) is 3.78. The molecule has 0 bridgehead atoms. The quantitative estimate of drug-likeness (QED) is 0.382. The zero-order chi connectivity index (χ0) is 19.9. The van der Waals surface area contributed by atoms with E-state index in [2.05, 4.69) is 70.0 Å². The van der Waals surface area contributed by atoms with E-state index in [4.69, 9.17) is 0 Å². The van der Waals surface area contributed by atoms with Crippen molar-refractivity contribution in [3.05, 3.63) is 29.3 Å². The van der Waals surface area contributed by atoms with Crippen molar-refractivity contribution < 1.29 is 4.79 Å². The highest BCUT2D eigenvalue weighted by Gasteiger charge is 2.25. The van der Waals surface area contributed by atoms with Crippen LogP contribution in [-0.2, 0) is 13.0 Å². The average molecular weight is 390 g/mol. The first-order chi connectivity index (χ1) is 13.5. The molecule has 1 aromatic rings. The molecular weight excluding hydrogens is 354 g/mol. The molecule has 8 heteroatoms. The van der Waals surface area contributed by atoms with Gasteiger partial charge in [0.15, 0.2) is 0 Å². The van der Waals surface area contributed by atoms with Gasteiger partial charge in [0.2, 0.25) is 0 Å². The maximum atomic E-state index is 12.5. The van der Waals surface area contributed by atoms with Crippen LogP contribution < -0.4 is 31.9 Å². The van der Waals surface area contributed by atoms with Gasteiger partial charge in [0.1, 0.15) is 6.29 Å². The second-order valence-electron chi connectivity index (χ2n) is 8.08. The second-order valence-corrected chi connectivity index (χ2v) is 8.08. The van der Waals surface area contributed by atoms with Crippen molar-refractivity contribution in [2.45, 2.75) is 51.2 Å². The van der Waals surface area contributed by atoms with Crippen LogP contribution >= 0.6 is 0 Å². The monoisotopic (exact) mass is 389 g/mol. The van der Waals surface area contributed by atoms with Crippen LogP contribution in [0.25, 0.3) is 0 Å². The maximum absolute atomic E-state index is 12.5. The Kier molecular flexibility index (Phi) is 7.64. The zero-order valence-electron chi connectivity index (χ0n) is 17.3. The van der Waals surface area contributed by atoms with Crippen LogP contribution in [0, 0.1) is 0 Å². The number of rotatable bonds is 7. The average Bonchev–Trinajstić information content (AvgIpc) is 2.64. The number of urea groups is 1. The van der Waals surface area contributed by atoms with Crippen molar-refractivity contribution in [1.29, 1.82) is 0 Å². The van der Waals surface area contributed by atoms with Gasteiger partial charge in [-0.15, -0.1) is 0 Å². The Labute approximate surface area is 168 Å². The summed E-state index contributed by atoms with van der Waals surface area (Å²) in [5, 5.41) is 19.6. The van der Waals surface area contributed by atoms with E-state index in [9.17, 15) is 4.79 Å². The molecule has 0 aliphatic carbocycles. The van der Waals surface area contributed by atoms with E-state index in [1.54, 1.807) is 0 Å². The van der Waals surface area contributed by atoms with E-state index in [1.807, 2.05) is 6.07 Å². The molecule has 3 rings (SSSR count). The predicted octanol–water partition coefficient (Wildman–Crippen LogP) is 0.576. The lowest BCUT2D eigenvalue weighted by molar-refractivity contribution is 0.192. The number of amides is 2. The lowest BCUT2D eigenvalue weighted by atomic mass is 10.0. The van der Waals surface area contributed by atoms with Crippen molar-refractivity contribution >= 4 is 11.7 Å². The van der Waals surface area contributed by atoms with Crippen LogP contribution in [0.3, 0.4) is 0 Å². The van der Waals surface area contributed by atoms with Gasteiger partial charge in [0, 0.05) is 18.3 Å². The second kappa shape index (κ2) is 10.2. The van der Waals surface area contributed by atoms with Crippen LogP contribution in [0.4, 0.5) is 10.5 Å². The minimum Gasteiger partial charge on any atom is -0.312 e. The summed E-state index contributed by atoms with van der Waals surface area (Å²) in [5.41, 5.74) is 3.44. The van der Waals surface area contributed by atoms with E-state index in [-0.39, 0.29) is 18.5 Å². The number of hydrogen-bond acceptors (Lipinski definition) is 6. The minimum absolute atomic E-state index is 0.179. The number of hydrogen-bond donors (Lipinski definition) is 6. The van der Waals surface area contributed by atoms with Crippen LogP contribution in [-0.4, -0.2) is 63.2 Å². The molecule has 2 heterocycles. The lowest BCUT2D eigenvalue weighted by Crippen LogP contribution is -2.67. The minimum atomic E-state index is -0.269. The van der Waals surface area contributed by atoms with Gasteiger partial charge in [-0.05, 0) is 83.2 Å². The molecule has 3 atom stereocenters. The van der Waals surface area contributed by atoms with Crippen LogP contribution in [0.1, 0.15) is 30.9 Å². The molecule has 2 aliphatic rings. The molecule has 0 radical (unpaired) electrons. The summed E-state index contributed by atoms with van der Waals surface area (Å²) in [5.74, 6) is 0. The first-order valence-electron chi connectivity index (χ1n) is 10.3. The SMILES string of the molecule is CC1CC(NCCCN(C)C)NC(NC(=O)Nc2ccc3c(c2)CNCC3)N1. The summed E-state index contributed by atoms with van der Waals surface area (Å²) in [6, 6.07) is 6.24. The Hall–Kier alpha value is -1.71. The predicted molar refractivity (Wildman–Crippen MR) is 113 cm³/mol. The Morgan fingerprint density at radius 2 is 2.11 bits per heavy atom. The summed E-state index contributed by atoms with van der Waals surface area (Å²) < 4.78 is 0. The molecule has 8 nitrogen and oxygen atoms in total. The van der Waals surface area contributed by atoms with Crippen molar-refractivity contribution in [3.63, 3.8) is 0 Å². The molecule has 1 saturated heterocycles. The van der Waals surface area contributed by atoms with Crippen LogP contribution in [0.15, 0.2) is 18.2 Å². The number of nitrogens with one attached hydrogen (secondary N) is 6. The topological polar surface area (TPSA) is 92.5 Å². The molecule has 0 saturated carbocycles. The molecule has 6 N–H and O–H groups in total. The summed E-state index contributed by atoms with van der Waals surface area (Å²) in [6.07, 6.45) is 3.02. The van der Waals surface area contributed by atoms with E-state index >= 15 is 0 Å². The third-order valence-electron chi connectivity index (χ3n) is 5.21. The highest BCUT2D eigenvalue weighted by atomic mass is 16.2. The molecule has 0 spiro atoms. The van der Waals surface area contributed by atoms with Gasteiger partial charge in [-0.1, -0.05) is 6.07 Å². The fraction of sp³-hybridized carbons (Fsp3) is 0.650. The molecule has 1 aromatic carbocycles. The summed E-state index contributed by atoms with van der Waals surface area (Å²) >= 11 is 0.